The predicted octanol–water partition coefficient (Wildman–Crippen LogP) is 3.06. The molecule has 3 rings (SSSR count). The summed E-state index contributed by atoms with van der Waals surface area (Å²) in [5.41, 5.74) is 9.33. The fraction of sp³-hybridized carbons (Fsp3) is 0.316. The fourth-order valence-electron chi connectivity index (χ4n) is 2.94. The molecule has 5 heteroatoms. The second-order valence-electron chi connectivity index (χ2n) is 5.89. The zero-order valence-electron chi connectivity index (χ0n) is 14.1. The molecule has 0 radical (unpaired) electrons. The van der Waals surface area contributed by atoms with E-state index in [0.717, 1.165) is 18.7 Å². The molecule has 1 amide bonds. The van der Waals surface area contributed by atoms with Crippen molar-refractivity contribution in [1.29, 1.82) is 0 Å². The Kier molecular flexibility index (Phi) is 4.60. The maximum absolute atomic E-state index is 12.2. The second kappa shape index (κ2) is 6.83. The third kappa shape index (κ3) is 3.30. The number of benzene rings is 2. The normalized spacial score (nSPS) is 16.1. The molecule has 0 bridgehead atoms. The van der Waals surface area contributed by atoms with Gasteiger partial charge in [0.2, 0.25) is 0 Å². The van der Waals surface area contributed by atoms with Gasteiger partial charge < -0.3 is 20.7 Å². The molecule has 1 aliphatic heterocycles. The molecule has 0 saturated heterocycles. The Hall–Kier alpha value is -2.69. The minimum absolute atomic E-state index is 0.125. The van der Waals surface area contributed by atoms with Gasteiger partial charge in [-0.15, -0.1) is 0 Å². The van der Waals surface area contributed by atoms with E-state index in [0.29, 0.717) is 23.5 Å². The zero-order chi connectivity index (χ0) is 17.1. The van der Waals surface area contributed by atoms with E-state index >= 15 is 0 Å². The number of hydrogen-bond donors (Lipinski definition) is 2. The third-order valence-corrected chi connectivity index (χ3v) is 4.31. The first kappa shape index (κ1) is 16.2. The summed E-state index contributed by atoms with van der Waals surface area (Å²) in [6.45, 7) is 6.23. The molecule has 0 fully saturated rings. The monoisotopic (exact) mass is 325 g/mol. The van der Waals surface area contributed by atoms with Crippen molar-refractivity contribution < 1.29 is 9.53 Å². The summed E-state index contributed by atoms with van der Waals surface area (Å²) in [4.78, 5) is 14.5. The van der Waals surface area contributed by atoms with Crippen LogP contribution in [0.15, 0.2) is 42.5 Å². The Labute approximate surface area is 142 Å². The van der Waals surface area contributed by atoms with Crippen LogP contribution >= 0.6 is 0 Å². The number of anilines is 3. The van der Waals surface area contributed by atoms with Crippen LogP contribution < -0.4 is 20.7 Å². The van der Waals surface area contributed by atoms with Crippen LogP contribution in [-0.4, -0.2) is 25.1 Å². The maximum atomic E-state index is 12.2. The molecule has 3 N–H and O–H groups in total. The zero-order valence-corrected chi connectivity index (χ0v) is 14.1. The second-order valence-corrected chi connectivity index (χ2v) is 5.89. The Morgan fingerprint density at radius 2 is 1.83 bits per heavy atom. The van der Waals surface area contributed by atoms with Crippen LogP contribution in [0.2, 0.25) is 0 Å². The van der Waals surface area contributed by atoms with E-state index in [1.807, 2.05) is 0 Å². The van der Waals surface area contributed by atoms with E-state index in [-0.39, 0.29) is 5.91 Å². The summed E-state index contributed by atoms with van der Waals surface area (Å²) in [6.07, 6.45) is -0.0166. The number of rotatable bonds is 5. The largest absolute Gasteiger partial charge is 0.478 e. The Balaban J connectivity index is 1.73. The van der Waals surface area contributed by atoms with Gasteiger partial charge in [0.05, 0.1) is 5.69 Å². The minimum Gasteiger partial charge on any atom is -0.478 e. The summed E-state index contributed by atoms with van der Waals surface area (Å²) in [5.74, 6) is 0.499. The number of carbonyl (C=O) groups excluding carboxylic acids is 1. The molecule has 1 heterocycles. The van der Waals surface area contributed by atoms with Gasteiger partial charge in [-0.05, 0) is 43.7 Å². The van der Waals surface area contributed by atoms with Crippen LogP contribution in [0.5, 0.6) is 5.75 Å². The van der Waals surface area contributed by atoms with Crippen LogP contribution in [0, 0.1) is 0 Å². The van der Waals surface area contributed by atoms with E-state index in [2.05, 4.69) is 48.3 Å². The van der Waals surface area contributed by atoms with Gasteiger partial charge in [0.1, 0.15) is 5.75 Å². The standard InChI is InChI=1S/C19H23N3O2/c1-3-22(4-2)15-8-5-13(6-9-15)11-18-19(23)21-16-10-7-14(20)12-17(16)24-18/h5-10,12,18H,3-4,11,20H2,1-2H3,(H,21,23). The first-order chi connectivity index (χ1) is 11.6. The SMILES string of the molecule is CCN(CC)c1ccc(CC2Oc3cc(N)ccc3NC2=O)cc1. The van der Waals surface area contributed by atoms with Crippen molar-refractivity contribution in [2.24, 2.45) is 0 Å². The van der Waals surface area contributed by atoms with Gasteiger partial charge >= 0.3 is 0 Å². The summed E-state index contributed by atoms with van der Waals surface area (Å²) in [5, 5.41) is 2.88. The molecule has 2 aromatic rings. The molecular formula is C19H23N3O2. The lowest BCUT2D eigenvalue weighted by atomic mass is 10.0. The number of ether oxygens (including phenoxy) is 1. The highest BCUT2D eigenvalue weighted by Crippen LogP contribution is 2.32. The molecule has 126 valence electrons. The number of carbonyl (C=O) groups is 1. The molecule has 0 spiro atoms. The quantitative estimate of drug-likeness (QED) is 0.829. The predicted molar refractivity (Wildman–Crippen MR) is 97.6 cm³/mol. The van der Waals surface area contributed by atoms with Crippen molar-refractivity contribution in [1.82, 2.24) is 0 Å². The van der Waals surface area contributed by atoms with E-state index in [9.17, 15) is 4.79 Å². The Bertz CT molecular complexity index is 724. The molecule has 0 aromatic heterocycles. The smallest absolute Gasteiger partial charge is 0.265 e. The number of nitrogens with zero attached hydrogens (tertiary/aromatic N) is 1. The highest BCUT2D eigenvalue weighted by molar-refractivity contribution is 5.98. The summed E-state index contributed by atoms with van der Waals surface area (Å²) < 4.78 is 5.85. The van der Waals surface area contributed by atoms with Crippen molar-refractivity contribution in [3.63, 3.8) is 0 Å². The maximum Gasteiger partial charge on any atom is 0.265 e. The van der Waals surface area contributed by atoms with Gasteiger partial charge in [-0.25, -0.2) is 0 Å². The van der Waals surface area contributed by atoms with Gasteiger partial charge in [-0.3, -0.25) is 4.79 Å². The van der Waals surface area contributed by atoms with Crippen molar-refractivity contribution >= 4 is 23.0 Å². The lowest BCUT2D eigenvalue weighted by Crippen LogP contribution is -2.38. The number of nitrogens with one attached hydrogen (secondary N) is 1. The molecule has 5 nitrogen and oxygen atoms in total. The lowest BCUT2D eigenvalue weighted by Gasteiger charge is -2.26. The van der Waals surface area contributed by atoms with Gasteiger partial charge in [-0.2, -0.15) is 0 Å². The first-order valence-corrected chi connectivity index (χ1v) is 8.31. The summed E-state index contributed by atoms with van der Waals surface area (Å²) in [7, 11) is 0. The average molecular weight is 325 g/mol. The van der Waals surface area contributed by atoms with Gasteiger partial charge in [0.15, 0.2) is 6.10 Å². The molecule has 1 atom stereocenters. The molecule has 2 aromatic carbocycles. The van der Waals surface area contributed by atoms with Crippen molar-refractivity contribution in [3.05, 3.63) is 48.0 Å². The number of nitrogens with two attached hydrogens (primary N) is 1. The molecule has 0 saturated carbocycles. The van der Waals surface area contributed by atoms with Crippen molar-refractivity contribution in [2.75, 3.05) is 29.0 Å². The van der Waals surface area contributed by atoms with E-state index in [1.54, 1.807) is 18.2 Å². The van der Waals surface area contributed by atoms with E-state index in [4.69, 9.17) is 10.5 Å². The number of nitrogen functional groups attached to an aromatic ring is 1. The lowest BCUT2D eigenvalue weighted by molar-refractivity contribution is -0.123. The molecule has 24 heavy (non-hydrogen) atoms. The highest BCUT2D eigenvalue weighted by Gasteiger charge is 2.27. The Morgan fingerprint density at radius 3 is 2.50 bits per heavy atom. The number of fused-ring (bicyclic) bond motifs is 1. The Morgan fingerprint density at radius 1 is 1.12 bits per heavy atom. The molecule has 0 aliphatic carbocycles. The topological polar surface area (TPSA) is 67.6 Å². The van der Waals surface area contributed by atoms with Crippen LogP contribution in [0.4, 0.5) is 17.1 Å². The average Bonchev–Trinajstić information content (AvgIpc) is 2.58. The van der Waals surface area contributed by atoms with Gasteiger partial charge in [0, 0.05) is 37.0 Å². The van der Waals surface area contributed by atoms with Gasteiger partial charge in [0.25, 0.3) is 5.91 Å². The van der Waals surface area contributed by atoms with Crippen LogP contribution in [0.25, 0.3) is 0 Å². The fourth-order valence-corrected chi connectivity index (χ4v) is 2.94. The summed E-state index contributed by atoms with van der Waals surface area (Å²) in [6, 6.07) is 13.5. The van der Waals surface area contributed by atoms with Crippen LogP contribution in [0.1, 0.15) is 19.4 Å². The number of amides is 1. The number of hydrogen-bond acceptors (Lipinski definition) is 4. The highest BCUT2D eigenvalue weighted by atomic mass is 16.5. The molecule has 1 aliphatic rings. The minimum atomic E-state index is -0.543. The van der Waals surface area contributed by atoms with Crippen molar-refractivity contribution in [3.8, 4) is 5.75 Å². The molecule has 1 unspecified atom stereocenters. The molecular weight excluding hydrogens is 302 g/mol. The summed E-state index contributed by atoms with van der Waals surface area (Å²) >= 11 is 0. The van der Waals surface area contributed by atoms with E-state index < -0.39 is 6.10 Å². The van der Waals surface area contributed by atoms with Gasteiger partial charge in [-0.1, -0.05) is 12.1 Å². The van der Waals surface area contributed by atoms with E-state index in [1.165, 1.54) is 5.69 Å². The first-order valence-electron chi connectivity index (χ1n) is 8.31. The van der Waals surface area contributed by atoms with Crippen LogP contribution in [0.3, 0.4) is 0 Å². The third-order valence-electron chi connectivity index (χ3n) is 4.31. The van der Waals surface area contributed by atoms with Crippen molar-refractivity contribution in [2.45, 2.75) is 26.4 Å². The van der Waals surface area contributed by atoms with Crippen LogP contribution in [-0.2, 0) is 11.2 Å².